The van der Waals surface area contributed by atoms with E-state index >= 15 is 0 Å². The van der Waals surface area contributed by atoms with Crippen LogP contribution in [-0.2, 0) is 6.42 Å². The van der Waals surface area contributed by atoms with Gasteiger partial charge in [0.2, 0.25) is 0 Å². The highest BCUT2D eigenvalue weighted by Crippen LogP contribution is 2.33. The van der Waals surface area contributed by atoms with Crippen LogP contribution in [-0.4, -0.2) is 13.2 Å². The summed E-state index contributed by atoms with van der Waals surface area (Å²) in [6.45, 7) is 3.90. The molecular weight excluding hydrogens is 250 g/mol. The van der Waals surface area contributed by atoms with E-state index in [1.807, 2.05) is 24.3 Å². The van der Waals surface area contributed by atoms with Gasteiger partial charge in [0.1, 0.15) is 11.5 Å². The van der Waals surface area contributed by atoms with Gasteiger partial charge in [0.25, 0.3) is 0 Å². The van der Waals surface area contributed by atoms with E-state index in [2.05, 4.69) is 24.4 Å². The quantitative estimate of drug-likeness (QED) is 0.902. The number of furan rings is 1. The molecule has 1 N–H and O–H groups in total. The average Bonchev–Trinajstić information content (AvgIpc) is 3.02. The van der Waals surface area contributed by atoms with E-state index in [-0.39, 0.29) is 6.04 Å². The highest BCUT2D eigenvalue weighted by atomic mass is 16.5. The van der Waals surface area contributed by atoms with E-state index in [1.54, 1.807) is 6.26 Å². The molecule has 0 radical (unpaired) electrons. The van der Waals surface area contributed by atoms with Gasteiger partial charge in [-0.2, -0.15) is 0 Å². The van der Waals surface area contributed by atoms with Crippen molar-refractivity contribution in [1.82, 2.24) is 5.32 Å². The van der Waals surface area contributed by atoms with Crippen LogP contribution in [0.1, 0.15) is 30.7 Å². The monoisotopic (exact) mass is 271 g/mol. The van der Waals surface area contributed by atoms with Gasteiger partial charge in [0.05, 0.1) is 18.9 Å². The first-order valence-corrected chi connectivity index (χ1v) is 7.36. The summed E-state index contributed by atoms with van der Waals surface area (Å²) in [5.41, 5.74) is 1.29. The molecule has 1 aromatic carbocycles. The zero-order chi connectivity index (χ0) is 13.8. The lowest BCUT2D eigenvalue weighted by Crippen LogP contribution is -2.35. The predicted molar refractivity (Wildman–Crippen MR) is 78.9 cm³/mol. The van der Waals surface area contributed by atoms with Gasteiger partial charge < -0.3 is 14.5 Å². The molecule has 3 heteroatoms. The normalized spacial score (nSPS) is 19.1. The molecule has 2 unspecified atom stereocenters. The van der Waals surface area contributed by atoms with E-state index in [0.29, 0.717) is 5.92 Å². The number of hydrogen-bond donors (Lipinski definition) is 1. The Bertz CT molecular complexity index is 536. The molecule has 106 valence electrons. The highest BCUT2D eigenvalue weighted by Gasteiger charge is 2.29. The third-order valence-corrected chi connectivity index (χ3v) is 3.84. The fraction of sp³-hybridized carbons (Fsp3) is 0.412. The first kappa shape index (κ1) is 13.3. The average molecular weight is 271 g/mol. The van der Waals surface area contributed by atoms with Gasteiger partial charge in [0, 0.05) is 5.92 Å². The molecule has 2 atom stereocenters. The number of ether oxygens (including phenoxy) is 1. The summed E-state index contributed by atoms with van der Waals surface area (Å²) < 4.78 is 11.5. The molecule has 1 aromatic heterocycles. The lowest BCUT2D eigenvalue weighted by atomic mass is 9.89. The van der Waals surface area contributed by atoms with Crippen LogP contribution in [0.3, 0.4) is 0 Å². The number of hydrogen-bond acceptors (Lipinski definition) is 3. The van der Waals surface area contributed by atoms with Crippen molar-refractivity contribution in [2.45, 2.75) is 25.8 Å². The zero-order valence-electron chi connectivity index (χ0n) is 11.8. The minimum absolute atomic E-state index is 0.221. The summed E-state index contributed by atoms with van der Waals surface area (Å²) in [5.74, 6) is 2.44. The summed E-state index contributed by atoms with van der Waals surface area (Å²) in [6.07, 6.45) is 3.88. The molecule has 3 nitrogen and oxygen atoms in total. The minimum Gasteiger partial charge on any atom is -0.493 e. The van der Waals surface area contributed by atoms with Crippen molar-refractivity contribution in [2.75, 3.05) is 13.2 Å². The minimum atomic E-state index is 0.221. The second kappa shape index (κ2) is 6.14. The van der Waals surface area contributed by atoms with Crippen LogP contribution in [0.15, 0.2) is 47.1 Å². The summed E-state index contributed by atoms with van der Waals surface area (Å²) in [5, 5.41) is 3.60. The molecule has 0 aliphatic carbocycles. The first-order valence-electron chi connectivity index (χ1n) is 7.36. The molecule has 2 heterocycles. The van der Waals surface area contributed by atoms with E-state index in [0.717, 1.165) is 37.5 Å². The summed E-state index contributed by atoms with van der Waals surface area (Å²) in [4.78, 5) is 0. The standard InChI is InChI=1S/C17H21NO2/c1-2-9-18-17(16-8-5-10-19-16)14-11-13-6-3-4-7-15(13)20-12-14/h3-8,10,14,17-18H,2,9,11-12H2,1H3. The lowest BCUT2D eigenvalue weighted by molar-refractivity contribution is 0.173. The van der Waals surface area contributed by atoms with E-state index in [1.165, 1.54) is 5.56 Å². The number of fused-ring (bicyclic) bond motifs is 1. The Balaban J connectivity index is 1.79. The topological polar surface area (TPSA) is 34.4 Å². The SMILES string of the molecule is CCCNC(c1ccco1)C1COc2ccccc2C1. The number of nitrogens with one attached hydrogen (secondary N) is 1. The van der Waals surface area contributed by atoms with E-state index < -0.39 is 0 Å². The molecular formula is C17H21NO2. The molecule has 2 aromatic rings. The van der Waals surface area contributed by atoms with Crippen LogP contribution in [0.4, 0.5) is 0 Å². The second-order valence-electron chi connectivity index (χ2n) is 5.33. The molecule has 0 fully saturated rings. The van der Waals surface area contributed by atoms with Crippen molar-refractivity contribution in [2.24, 2.45) is 5.92 Å². The van der Waals surface area contributed by atoms with Crippen molar-refractivity contribution in [1.29, 1.82) is 0 Å². The summed E-state index contributed by atoms with van der Waals surface area (Å²) in [6, 6.07) is 12.5. The van der Waals surface area contributed by atoms with Gasteiger partial charge >= 0.3 is 0 Å². The summed E-state index contributed by atoms with van der Waals surface area (Å²) in [7, 11) is 0. The van der Waals surface area contributed by atoms with Gasteiger partial charge in [0.15, 0.2) is 0 Å². The van der Waals surface area contributed by atoms with Crippen molar-refractivity contribution in [3.8, 4) is 5.75 Å². The van der Waals surface area contributed by atoms with Crippen LogP contribution in [0.25, 0.3) is 0 Å². The zero-order valence-corrected chi connectivity index (χ0v) is 11.8. The summed E-state index contributed by atoms with van der Waals surface area (Å²) >= 11 is 0. The van der Waals surface area contributed by atoms with E-state index in [9.17, 15) is 0 Å². The molecule has 0 saturated carbocycles. The fourth-order valence-corrected chi connectivity index (χ4v) is 2.83. The maximum atomic E-state index is 5.91. The van der Waals surface area contributed by atoms with Crippen molar-refractivity contribution in [3.05, 3.63) is 54.0 Å². The van der Waals surface area contributed by atoms with Crippen LogP contribution >= 0.6 is 0 Å². The van der Waals surface area contributed by atoms with Crippen molar-refractivity contribution in [3.63, 3.8) is 0 Å². The van der Waals surface area contributed by atoms with Crippen LogP contribution in [0, 0.1) is 5.92 Å². The molecule has 1 aliphatic rings. The molecule has 3 rings (SSSR count). The molecule has 20 heavy (non-hydrogen) atoms. The Kier molecular flexibility index (Phi) is 4.07. The molecule has 1 aliphatic heterocycles. The Hall–Kier alpha value is -1.74. The Morgan fingerprint density at radius 3 is 2.95 bits per heavy atom. The van der Waals surface area contributed by atoms with Gasteiger partial charge in [-0.3, -0.25) is 0 Å². The van der Waals surface area contributed by atoms with Gasteiger partial charge in [-0.25, -0.2) is 0 Å². The van der Waals surface area contributed by atoms with Crippen LogP contribution in [0.2, 0.25) is 0 Å². The molecule has 0 spiro atoms. The third kappa shape index (κ3) is 2.73. The third-order valence-electron chi connectivity index (χ3n) is 3.84. The smallest absolute Gasteiger partial charge is 0.122 e. The lowest BCUT2D eigenvalue weighted by Gasteiger charge is -2.31. The predicted octanol–water partition coefficient (Wildman–Crippen LogP) is 3.57. The molecule has 0 amide bonds. The highest BCUT2D eigenvalue weighted by molar-refractivity contribution is 5.35. The van der Waals surface area contributed by atoms with Crippen molar-refractivity contribution < 1.29 is 9.15 Å². The van der Waals surface area contributed by atoms with E-state index in [4.69, 9.17) is 9.15 Å². The van der Waals surface area contributed by atoms with Crippen molar-refractivity contribution >= 4 is 0 Å². The van der Waals surface area contributed by atoms with Crippen LogP contribution in [0.5, 0.6) is 5.75 Å². The molecule has 0 saturated heterocycles. The number of benzene rings is 1. The largest absolute Gasteiger partial charge is 0.493 e. The first-order chi connectivity index (χ1) is 9.88. The van der Waals surface area contributed by atoms with Gasteiger partial charge in [-0.1, -0.05) is 25.1 Å². The van der Waals surface area contributed by atoms with Crippen LogP contribution < -0.4 is 10.1 Å². The molecule has 0 bridgehead atoms. The van der Waals surface area contributed by atoms with Gasteiger partial charge in [-0.05, 0) is 43.1 Å². The second-order valence-corrected chi connectivity index (χ2v) is 5.33. The van der Waals surface area contributed by atoms with Gasteiger partial charge in [-0.15, -0.1) is 0 Å². The number of para-hydroxylation sites is 1. The maximum Gasteiger partial charge on any atom is 0.122 e. The Morgan fingerprint density at radius 1 is 1.25 bits per heavy atom. The number of rotatable bonds is 5. The maximum absolute atomic E-state index is 5.91. The Labute approximate surface area is 119 Å². The fourth-order valence-electron chi connectivity index (χ4n) is 2.83. The Morgan fingerprint density at radius 2 is 2.15 bits per heavy atom.